The Bertz CT molecular complexity index is 6580. The molecular weight excluding hydrogens is 1360 g/mol. The van der Waals surface area contributed by atoms with Gasteiger partial charge in [-0.15, -0.1) is 11.3 Å². The third kappa shape index (κ3) is 15.6. The standard InChI is InChI=1S/3C18H20O.C18H20.C17H18O.C16H16S/c1-5-12-10-17-14(11-15(12)18(2,3)4)13-8-6-7-9-16(13)19-17;1-5-12-10-11-14-13-8-6-7-9-15(13)19-17(14)16(12)18(2,3)4;1-5-12-10-11-15-16(17(12)18(2,3)4)13-8-6-7-9-14(13)19-15;1-12-9-16-14(11-17(12)18(2,3)4)10-13-7-5-6-8-15(13)16;1-11-13(17(2,3)4)9-10-15-16(11)12-7-5-6-8-14(12)18-15;1-16(2,3)13-9-6-8-12-11-7-4-5-10-14(11)17-15(12)13/h3*6-11H,5H2,1-4H3;5-9,11H,10H2,1-4H3;5-10H,1-4H3;4-10H,1-3H3/i3*5D2;2*1D3;. The number of aryl methyl sites for hydroxylation is 5. The van der Waals surface area contributed by atoms with Gasteiger partial charge >= 0.3 is 0 Å². The van der Waals surface area contributed by atoms with Crippen LogP contribution in [0.15, 0.2) is 242 Å². The first-order valence-corrected chi connectivity index (χ1v) is 39.3. The van der Waals surface area contributed by atoms with Gasteiger partial charge in [0.1, 0.15) is 44.7 Å². The number of furan rings is 4. The number of rotatable bonds is 3. The summed E-state index contributed by atoms with van der Waals surface area (Å²) in [6.07, 6.45) is -3.27. The monoisotopic (exact) mass is 1480 g/mol. The SMILES string of the molecule is CC(C)(C)c1cccc2c1sc1ccccc12.[2H]C([2H])(C)c1cc2oc3ccccc3c2cc1C(C)(C)C.[2H]C([2H])(C)c1ccc2c(oc3ccccc32)c1C(C)(C)C.[2H]C([2H])(C)c1ccc2oc3ccccc3c2c1C(C)(C)C.[2H]C([2H])([2H])c1c(C(C)(C)C)ccc2oc3ccccc3c12.[2H]C([2H])([2H])c1cc2c(cc1C(C)(C)C)Cc1ccccc1-2. The van der Waals surface area contributed by atoms with Crippen molar-refractivity contribution in [1.29, 1.82) is 0 Å². The number of benzene rings is 12. The quantitative estimate of drug-likeness (QED) is 0.177. The van der Waals surface area contributed by atoms with E-state index < -0.39 is 32.8 Å². The Hall–Kier alpha value is -9.94. The van der Waals surface area contributed by atoms with Crippen molar-refractivity contribution in [2.45, 2.75) is 217 Å². The number of hydrogen-bond donors (Lipinski definition) is 0. The molecule has 0 saturated heterocycles. The van der Waals surface area contributed by atoms with Gasteiger partial charge in [0.05, 0.1) is 0 Å². The average Bonchev–Trinajstić information content (AvgIpc) is 1.55. The van der Waals surface area contributed by atoms with Crippen molar-refractivity contribution in [2.24, 2.45) is 0 Å². The molecular formula is C105H114O4S. The van der Waals surface area contributed by atoms with Crippen LogP contribution in [-0.2, 0) is 58.0 Å². The highest BCUT2D eigenvalue weighted by Crippen LogP contribution is 2.46. The van der Waals surface area contributed by atoms with Gasteiger partial charge in [0.15, 0.2) is 0 Å². The minimum Gasteiger partial charge on any atom is -0.456 e. The van der Waals surface area contributed by atoms with Crippen molar-refractivity contribution in [3.05, 3.63) is 297 Å². The zero-order valence-corrected chi connectivity index (χ0v) is 68.9. The lowest BCUT2D eigenvalue weighted by atomic mass is 9.80. The van der Waals surface area contributed by atoms with E-state index in [0.717, 1.165) is 128 Å². The van der Waals surface area contributed by atoms with Gasteiger partial charge in [-0.25, -0.2) is 0 Å². The van der Waals surface area contributed by atoms with Crippen molar-refractivity contribution in [2.75, 3.05) is 0 Å². The molecule has 110 heavy (non-hydrogen) atoms. The van der Waals surface area contributed by atoms with E-state index in [-0.39, 0.29) is 32.5 Å². The predicted molar refractivity (Wildman–Crippen MR) is 479 cm³/mol. The topological polar surface area (TPSA) is 52.6 Å². The van der Waals surface area contributed by atoms with Crippen molar-refractivity contribution >= 4 is 119 Å². The van der Waals surface area contributed by atoms with Gasteiger partial charge < -0.3 is 17.7 Å². The first-order chi connectivity index (χ1) is 56.5. The Balaban J connectivity index is 0.000000126. The third-order valence-corrected chi connectivity index (χ3v) is 22.2. The van der Waals surface area contributed by atoms with Gasteiger partial charge in [-0.05, 0) is 204 Å². The van der Waals surface area contributed by atoms with Crippen LogP contribution < -0.4 is 0 Å². The minimum absolute atomic E-state index is 0.120. The van der Waals surface area contributed by atoms with Gasteiger partial charge in [0.25, 0.3) is 0 Å². The lowest BCUT2D eigenvalue weighted by molar-refractivity contribution is 0.566. The summed E-state index contributed by atoms with van der Waals surface area (Å²) in [5, 5.41) is 10.8. The normalized spacial score (nSPS) is 14.8. The molecule has 5 aromatic heterocycles. The van der Waals surface area contributed by atoms with E-state index in [1.807, 2.05) is 190 Å². The summed E-state index contributed by atoms with van der Waals surface area (Å²) < 4.78 is 123. The first-order valence-electron chi connectivity index (χ1n) is 44.5. The van der Waals surface area contributed by atoms with Crippen LogP contribution in [0.2, 0.25) is 0 Å². The summed E-state index contributed by atoms with van der Waals surface area (Å²) in [6, 6.07) is 74.5. The Labute approximate surface area is 674 Å². The van der Waals surface area contributed by atoms with Gasteiger partial charge in [-0.2, -0.15) is 0 Å². The molecule has 0 bridgehead atoms. The molecule has 0 N–H and O–H groups in total. The summed E-state index contributed by atoms with van der Waals surface area (Å²) in [4.78, 5) is 0. The molecule has 0 radical (unpaired) electrons. The van der Waals surface area contributed by atoms with Crippen LogP contribution in [0.5, 0.6) is 0 Å². The van der Waals surface area contributed by atoms with E-state index in [2.05, 4.69) is 171 Å². The summed E-state index contributed by atoms with van der Waals surface area (Å²) >= 11 is 1.92. The van der Waals surface area contributed by atoms with E-state index in [4.69, 9.17) is 34.1 Å². The Morgan fingerprint density at radius 1 is 0.318 bits per heavy atom. The molecule has 1 aliphatic carbocycles. The van der Waals surface area contributed by atoms with Crippen LogP contribution in [0.3, 0.4) is 0 Å². The molecule has 18 rings (SSSR count). The fraction of sp³-hybridized carbons (Fsp3) is 0.314. The highest BCUT2D eigenvalue weighted by molar-refractivity contribution is 7.26. The van der Waals surface area contributed by atoms with Crippen molar-refractivity contribution < 1.29 is 34.1 Å². The molecule has 5 heteroatoms. The van der Waals surface area contributed by atoms with Crippen molar-refractivity contribution in [3.8, 4) is 11.1 Å². The Morgan fingerprint density at radius 3 is 1.38 bits per heavy atom. The smallest absolute Gasteiger partial charge is 0.139 e. The van der Waals surface area contributed by atoms with Gasteiger partial charge in [-0.1, -0.05) is 315 Å². The van der Waals surface area contributed by atoms with E-state index >= 15 is 0 Å². The zero-order chi connectivity index (χ0) is 89.1. The fourth-order valence-electron chi connectivity index (χ4n) is 15.7. The first kappa shape index (κ1) is 63.8. The number of hydrogen-bond acceptors (Lipinski definition) is 5. The van der Waals surface area contributed by atoms with E-state index in [0.29, 0.717) is 27.8 Å². The second-order valence-electron chi connectivity index (χ2n) is 35.3. The fourth-order valence-corrected chi connectivity index (χ4v) is 17.2. The molecule has 564 valence electrons. The van der Waals surface area contributed by atoms with Gasteiger partial charge in [0, 0.05) is 85.3 Å². The summed E-state index contributed by atoms with van der Waals surface area (Å²) in [5.41, 5.74) is 19.8. The maximum atomic E-state index is 8.17. The average molecular weight is 1480 g/mol. The Kier molecular flexibility index (Phi) is 17.6. The molecule has 17 aromatic rings. The molecule has 0 spiro atoms. The largest absolute Gasteiger partial charge is 0.456 e. The summed E-state index contributed by atoms with van der Waals surface area (Å²) in [5.74, 6) is 0. The second kappa shape index (κ2) is 30.4. The highest BCUT2D eigenvalue weighted by Gasteiger charge is 2.29. The minimum atomic E-state index is -2.17. The molecule has 0 aliphatic heterocycles. The molecule has 0 unspecified atom stereocenters. The number of fused-ring (bicyclic) bond motifs is 18. The van der Waals surface area contributed by atoms with Gasteiger partial charge in [0.2, 0.25) is 0 Å². The van der Waals surface area contributed by atoms with Crippen LogP contribution in [0.1, 0.15) is 234 Å². The van der Waals surface area contributed by atoms with Crippen molar-refractivity contribution in [3.63, 3.8) is 0 Å². The second-order valence-corrected chi connectivity index (χ2v) is 36.3. The molecule has 0 amide bonds. The van der Waals surface area contributed by atoms with Crippen LogP contribution in [0.25, 0.3) is 119 Å². The van der Waals surface area contributed by atoms with E-state index in [1.165, 1.54) is 42.4 Å². The molecule has 0 saturated carbocycles. The Morgan fingerprint density at radius 2 is 0.800 bits per heavy atom. The van der Waals surface area contributed by atoms with Crippen LogP contribution in [0.4, 0.5) is 0 Å². The highest BCUT2D eigenvalue weighted by atomic mass is 32.1. The van der Waals surface area contributed by atoms with Gasteiger partial charge in [-0.3, -0.25) is 0 Å². The predicted octanol–water partition coefficient (Wildman–Crippen LogP) is 31.7. The summed E-state index contributed by atoms with van der Waals surface area (Å²) in [6.45, 7) is 38.8. The molecule has 5 heterocycles. The molecule has 4 nitrogen and oxygen atoms in total. The van der Waals surface area contributed by atoms with Crippen LogP contribution in [-0.4, -0.2) is 0 Å². The lowest BCUT2D eigenvalue weighted by Crippen LogP contribution is -2.14. The molecule has 0 atom stereocenters. The van der Waals surface area contributed by atoms with Crippen LogP contribution in [0, 0.1) is 13.7 Å². The molecule has 0 fully saturated rings. The molecule has 12 aromatic carbocycles. The van der Waals surface area contributed by atoms with Crippen LogP contribution >= 0.6 is 11.3 Å². The maximum absolute atomic E-state index is 8.17. The molecule has 1 aliphatic rings. The lowest BCUT2D eigenvalue weighted by Gasteiger charge is -2.23. The summed E-state index contributed by atoms with van der Waals surface area (Å²) in [7, 11) is 0. The maximum Gasteiger partial charge on any atom is 0.139 e. The van der Waals surface area contributed by atoms with E-state index in [1.54, 1.807) is 20.8 Å². The number of para-hydroxylation sites is 4. The van der Waals surface area contributed by atoms with E-state index in [9.17, 15) is 0 Å². The number of thiophene rings is 1. The zero-order valence-electron chi connectivity index (χ0n) is 80.1. The third-order valence-electron chi connectivity index (χ3n) is 21.0. The van der Waals surface area contributed by atoms with Crippen molar-refractivity contribution in [1.82, 2.24) is 0 Å².